The number of nitrogens with two attached hydrogens (primary N) is 2. The Morgan fingerprint density at radius 3 is 2.60 bits per heavy atom. The molecule has 2 rings (SSSR count). The zero-order valence-corrected chi connectivity index (χ0v) is 11.0. The molecule has 0 unspecified atom stereocenters. The number of nitrogen functional groups attached to an aromatic ring is 1. The number of anilines is 1. The Bertz CT molecular complexity index is 701. The highest BCUT2D eigenvalue weighted by molar-refractivity contribution is 6.31. The Balaban J connectivity index is 2.58. The van der Waals surface area contributed by atoms with Crippen LogP contribution in [0.1, 0.15) is 11.1 Å². The summed E-state index contributed by atoms with van der Waals surface area (Å²) in [7, 11) is 0. The molecule has 0 aromatic heterocycles. The Morgan fingerprint density at radius 1 is 1.25 bits per heavy atom. The number of hydrazone groups is 1. The first-order valence-corrected chi connectivity index (χ1v) is 5.99. The van der Waals surface area contributed by atoms with Crippen LogP contribution in [-0.4, -0.2) is 10.6 Å². The van der Waals surface area contributed by atoms with Gasteiger partial charge in [-0.1, -0.05) is 23.7 Å². The van der Waals surface area contributed by atoms with E-state index in [1.165, 1.54) is 18.2 Å². The van der Waals surface area contributed by atoms with E-state index >= 15 is 0 Å². The van der Waals surface area contributed by atoms with Crippen LogP contribution in [-0.2, 0) is 0 Å². The third-order valence-electron chi connectivity index (χ3n) is 2.73. The monoisotopic (exact) mass is 290 g/mol. The van der Waals surface area contributed by atoms with E-state index in [1.54, 1.807) is 24.3 Å². The summed E-state index contributed by atoms with van der Waals surface area (Å²) in [5.41, 5.74) is 7.48. The average molecular weight is 291 g/mol. The summed E-state index contributed by atoms with van der Waals surface area (Å²) < 4.78 is 0. The van der Waals surface area contributed by atoms with Crippen molar-refractivity contribution in [3.05, 3.63) is 68.7 Å². The van der Waals surface area contributed by atoms with E-state index < -0.39 is 4.92 Å². The average Bonchev–Trinajstić information content (AvgIpc) is 2.41. The van der Waals surface area contributed by atoms with Gasteiger partial charge < -0.3 is 11.6 Å². The van der Waals surface area contributed by atoms with Crippen molar-refractivity contribution in [1.82, 2.24) is 0 Å². The number of halogens is 1. The van der Waals surface area contributed by atoms with E-state index in [-0.39, 0.29) is 5.69 Å². The normalized spacial score (nSPS) is 11.3. The van der Waals surface area contributed by atoms with Crippen LogP contribution in [0.4, 0.5) is 11.4 Å². The summed E-state index contributed by atoms with van der Waals surface area (Å²) in [6.45, 7) is 0. The van der Waals surface area contributed by atoms with Gasteiger partial charge in [-0.15, -0.1) is 0 Å². The molecule has 0 atom stereocenters. The lowest BCUT2D eigenvalue weighted by Crippen LogP contribution is -2.10. The Labute approximate surface area is 119 Å². The van der Waals surface area contributed by atoms with Crippen molar-refractivity contribution in [2.24, 2.45) is 10.9 Å². The predicted octanol–water partition coefficient (Wildman–Crippen LogP) is 2.54. The molecule has 0 spiro atoms. The molecule has 2 aromatic rings. The first kappa shape index (κ1) is 13.8. The van der Waals surface area contributed by atoms with Gasteiger partial charge in [0.15, 0.2) is 0 Å². The molecule has 102 valence electrons. The molecule has 0 bridgehead atoms. The fourth-order valence-electron chi connectivity index (χ4n) is 1.80. The van der Waals surface area contributed by atoms with E-state index in [9.17, 15) is 10.1 Å². The number of nitrogens with zero attached hydrogens (tertiary/aromatic N) is 2. The highest BCUT2D eigenvalue weighted by Gasteiger charge is 2.15. The number of nitro benzene ring substituents is 1. The molecular formula is C13H11ClN4O2. The fourth-order valence-corrected chi connectivity index (χ4v) is 1.99. The van der Waals surface area contributed by atoms with Gasteiger partial charge in [-0.3, -0.25) is 10.1 Å². The summed E-state index contributed by atoms with van der Waals surface area (Å²) in [6.07, 6.45) is 0. The van der Waals surface area contributed by atoms with Crippen LogP contribution in [0.2, 0.25) is 5.02 Å². The second-order valence-electron chi connectivity index (χ2n) is 4.02. The number of benzene rings is 2. The first-order valence-electron chi connectivity index (χ1n) is 5.61. The largest absolute Gasteiger partial charge is 0.398 e. The molecule has 4 N–H and O–H groups in total. The minimum atomic E-state index is -0.505. The maximum Gasteiger partial charge on any atom is 0.270 e. The van der Waals surface area contributed by atoms with Gasteiger partial charge in [0.2, 0.25) is 0 Å². The van der Waals surface area contributed by atoms with Gasteiger partial charge >= 0.3 is 0 Å². The first-order chi connectivity index (χ1) is 9.52. The van der Waals surface area contributed by atoms with Crippen molar-refractivity contribution >= 4 is 28.7 Å². The van der Waals surface area contributed by atoms with E-state index in [2.05, 4.69) is 5.10 Å². The van der Waals surface area contributed by atoms with Crippen LogP contribution in [0.3, 0.4) is 0 Å². The van der Waals surface area contributed by atoms with Gasteiger partial charge in [-0.05, 0) is 18.2 Å². The van der Waals surface area contributed by atoms with Gasteiger partial charge in [-0.25, -0.2) is 0 Å². The van der Waals surface area contributed by atoms with Crippen LogP contribution in [0.15, 0.2) is 47.6 Å². The van der Waals surface area contributed by atoms with Crippen molar-refractivity contribution in [3.8, 4) is 0 Å². The quantitative estimate of drug-likeness (QED) is 0.298. The second-order valence-corrected chi connectivity index (χ2v) is 4.45. The van der Waals surface area contributed by atoms with E-state index in [1.807, 2.05) is 0 Å². The molecule has 0 aliphatic rings. The van der Waals surface area contributed by atoms with Crippen LogP contribution in [0, 0.1) is 10.1 Å². The molecule has 0 aliphatic carbocycles. The van der Waals surface area contributed by atoms with Crippen LogP contribution in [0.5, 0.6) is 0 Å². The lowest BCUT2D eigenvalue weighted by molar-refractivity contribution is -0.384. The molecule has 0 saturated heterocycles. The Kier molecular flexibility index (Phi) is 3.86. The molecule has 0 fully saturated rings. The second kappa shape index (κ2) is 5.58. The molecule has 0 heterocycles. The summed E-state index contributed by atoms with van der Waals surface area (Å²) in [4.78, 5) is 10.3. The molecule has 20 heavy (non-hydrogen) atoms. The van der Waals surface area contributed by atoms with Gasteiger partial charge in [0.25, 0.3) is 5.69 Å². The number of nitro groups is 1. The smallest absolute Gasteiger partial charge is 0.270 e. The highest BCUT2D eigenvalue weighted by Crippen LogP contribution is 2.24. The Morgan fingerprint density at radius 2 is 2.00 bits per heavy atom. The molecule has 0 saturated carbocycles. The molecule has 0 radical (unpaired) electrons. The molecule has 2 aromatic carbocycles. The predicted molar refractivity (Wildman–Crippen MR) is 78.8 cm³/mol. The van der Waals surface area contributed by atoms with Crippen molar-refractivity contribution < 1.29 is 4.92 Å². The minimum absolute atomic E-state index is 0.0858. The maximum atomic E-state index is 10.8. The summed E-state index contributed by atoms with van der Waals surface area (Å²) in [6, 6.07) is 10.9. The van der Waals surface area contributed by atoms with Gasteiger partial charge in [0.05, 0.1) is 10.6 Å². The van der Waals surface area contributed by atoms with Crippen molar-refractivity contribution in [3.63, 3.8) is 0 Å². The number of hydrogen-bond acceptors (Lipinski definition) is 5. The SMILES string of the molecule is NN=C(c1cccc(Cl)c1)c1cc([N+](=O)[O-])ccc1N. The maximum absolute atomic E-state index is 10.8. The third-order valence-corrected chi connectivity index (χ3v) is 2.97. The van der Waals surface area contributed by atoms with Crippen molar-refractivity contribution in [2.45, 2.75) is 0 Å². The molecule has 6 nitrogen and oxygen atoms in total. The van der Waals surface area contributed by atoms with E-state index in [0.29, 0.717) is 27.5 Å². The number of hydrogen-bond donors (Lipinski definition) is 2. The number of non-ortho nitro benzene ring substituents is 1. The summed E-state index contributed by atoms with van der Waals surface area (Å²) in [5.74, 6) is 5.40. The van der Waals surface area contributed by atoms with Crippen LogP contribution in [0.25, 0.3) is 0 Å². The lowest BCUT2D eigenvalue weighted by atomic mass is 10.0. The third kappa shape index (κ3) is 2.70. The van der Waals surface area contributed by atoms with Gasteiger partial charge in [0.1, 0.15) is 0 Å². The topological polar surface area (TPSA) is 108 Å². The molecule has 7 heteroatoms. The lowest BCUT2D eigenvalue weighted by Gasteiger charge is -2.09. The van der Waals surface area contributed by atoms with Crippen molar-refractivity contribution in [2.75, 3.05) is 5.73 Å². The molecular weight excluding hydrogens is 280 g/mol. The number of rotatable bonds is 3. The van der Waals surface area contributed by atoms with Crippen molar-refractivity contribution in [1.29, 1.82) is 0 Å². The minimum Gasteiger partial charge on any atom is -0.398 e. The Hall–Kier alpha value is -2.60. The van der Waals surface area contributed by atoms with E-state index in [4.69, 9.17) is 23.2 Å². The zero-order valence-electron chi connectivity index (χ0n) is 10.3. The fraction of sp³-hybridized carbons (Fsp3) is 0. The zero-order chi connectivity index (χ0) is 14.7. The van der Waals surface area contributed by atoms with Crippen LogP contribution >= 0.6 is 11.6 Å². The van der Waals surface area contributed by atoms with Gasteiger partial charge in [0, 0.05) is 34.0 Å². The highest BCUT2D eigenvalue weighted by atomic mass is 35.5. The van der Waals surface area contributed by atoms with E-state index in [0.717, 1.165) is 0 Å². The van der Waals surface area contributed by atoms with Gasteiger partial charge in [-0.2, -0.15) is 5.10 Å². The van der Waals surface area contributed by atoms with Crippen LogP contribution < -0.4 is 11.6 Å². The molecule has 0 aliphatic heterocycles. The standard InChI is InChI=1S/C13H11ClN4O2/c14-9-3-1-2-8(6-9)13(17-16)11-7-10(18(19)20)4-5-12(11)15/h1-7H,15-16H2. The summed E-state index contributed by atoms with van der Waals surface area (Å²) >= 11 is 5.92. The molecule has 0 amide bonds. The summed E-state index contributed by atoms with van der Waals surface area (Å²) in [5, 5.41) is 15.0.